The summed E-state index contributed by atoms with van der Waals surface area (Å²) in [5.41, 5.74) is 0.277. The number of fused-ring (bicyclic) bond motifs is 2. The number of alkyl carbamates (subject to hydrolysis) is 1. The molecule has 1 aromatic rings. The molecule has 33 heavy (non-hydrogen) atoms. The molecular formula is C21H27N3O7S2. The minimum absolute atomic E-state index is 0.00873. The Kier molecular flexibility index (Phi) is 6.50. The van der Waals surface area contributed by atoms with Crippen molar-refractivity contribution >= 4 is 38.8 Å². The number of benzene rings is 1. The summed E-state index contributed by atoms with van der Waals surface area (Å²) in [5.74, 6) is 0.998. The molecule has 0 saturated carbocycles. The molecule has 0 aromatic heterocycles. The van der Waals surface area contributed by atoms with Gasteiger partial charge in [0, 0.05) is 24.8 Å². The number of carbonyl (C=O) groups is 2. The summed E-state index contributed by atoms with van der Waals surface area (Å²) in [6.07, 6.45) is -0.586. The second-order valence-corrected chi connectivity index (χ2v) is 12.4. The molecule has 3 aliphatic rings. The molecule has 0 spiro atoms. The predicted molar refractivity (Wildman–Crippen MR) is 123 cm³/mol. The molecule has 2 fully saturated rings. The van der Waals surface area contributed by atoms with Crippen LogP contribution in [0.5, 0.6) is 11.5 Å². The van der Waals surface area contributed by atoms with Gasteiger partial charge in [-0.3, -0.25) is 4.79 Å². The van der Waals surface area contributed by atoms with Crippen molar-refractivity contribution in [3.8, 4) is 11.5 Å². The normalized spacial score (nSPS) is 24.1. The highest BCUT2D eigenvalue weighted by Crippen LogP contribution is 2.40. The van der Waals surface area contributed by atoms with Crippen molar-refractivity contribution in [2.45, 2.75) is 50.6 Å². The first-order valence-corrected chi connectivity index (χ1v) is 13.3. The van der Waals surface area contributed by atoms with Crippen LogP contribution in [0.2, 0.25) is 0 Å². The highest BCUT2D eigenvalue weighted by atomic mass is 32.2. The minimum Gasteiger partial charge on any atom is -0.454 e. The Hall–Kier alpha value is -2.47. The van der Waals surface area contributed by atoms with Crippen LogP contribution in [-0.2, 0) is 25.9 Å². The van der Waals surface area contributed by atoms with Crippen molar-refractivity contribution in [1.82, 2.24) is 10.2 Å². The maximum atomic E-state index is 12.5. The first kappa shape index (κ1) is 23.7. The second kappa shape index (κ2) is 9.05. The number of rotatable bonds is 5. The number of carbonyl (C=O) groups excluding carboxylic acids is 2. The van der Waals surface area contributed by atoms with Crippen LogP contribution < -0.4 is 14.8 Å². The number of nitrogens with one attached hydrogen (secondary N) is 1. The Morgan fingerprint density at radius 3 is 2.76 bits per heavy atom. The van der Waals surface area contributed by atoms with E-state index in [4.69, 9.17) is 14.2 Å². The van der Waals surface area contributed by atoms with E-state index in [9.17, 15) is 18.0 Å². The monoisotopic (exact) mass is 497 g/mol. The van der Waals surface area contributed by atoms with Gasteiger partial charge in [-0.2, -0.15) is 4.99 Å². The van der Waals surface area contributed by atoms with Crippen molar-refractivity contribution in [2.24, 2.45) is 4.99 Å². The Morgan fingerprint density at radius 2 is 2.00 bits per heavy atom. The van der Waals surface area contributed by atoms with Crippen LogP contribution >= 0.6 is 11.8 Å². The molecule has 0 bridgehead atoms. The highest BCUT2D eigenvalue weighted by Gasteiger charge is 2.48. The summed E-state index contributed by atoms with van der Waals surface area (Å²) in [6.45, 7) is 5.92. The number of nitrogens with zero attached hydrogens (tertiary/aromatic N) is 2. The molecule has 1 aromatic carbocycles. The Labute approximate surface area is 197 Å². The van der Waals surface area contributed by atoms with Gasteiger partial charge in [-0.1, -0.05) is 17.8 Å². The minimum atomic E-state index is -3.14. The molecule has 2 atom stereocenters. The number of aliphatic imine (C=N–C) groups is 1. The molecular weight excluding hydrogens is 470 g/mol. The largest absolute Gasteiger partial charge is 0.454 e. The van der Waals surface area contributed by atoms with Gasteiger partial charge in [0.1, 0.15) is 5.60 Å². The fraction of sp³-hybridized carbons (Fsp3) is 0.571. The van der Waals surface area contributed by atoms with Gasteiger partial charge in [-0.25, -0.2) is 13.2 Å². The highest BCUT2D eigenvalue weighted by molar-refractivity contribution is 8.15. The summed E-state index contributed by atoms with van der Waals surface area (Å²) in [6, 6.07) is 5.30. The quantitative estimate of drug-likeness (QED) is 0.650. The zero-order valence-electron chi connectivity index (χ0n) is 18.7. The molecule has 1 N–H and O–H groups in total. The van der Waals surface area contributed by atoms with Gasteiger partial charge in [0.05, 0.1) is 17.5 Å². The number of ether oxygens (including phenoxy) is 3. The van der Waals surface area contributed by atoms with Crippen LogP contribution in [0, 0.1) is 0 Å². The van der Waals surface area contributed by atoms with E-state index in [2.05, 4.69) is 10.3 Å². The predicted octanol–water partition coefficient (Wildman–Crippen LogP) is 1.93. The van der Waals surface area contributed by atoms with Gasteiger partial charge in [0.25, 0.3) is 0 Å². The van der Waals surface area contributed by atoms with Crippen molar-refractivity contribution in [1.29, 1.82) is 0 Å². The third-order valence-corrected chi connectivity index (χ3v) is 8.44. The van der Waals surface area contributed by atoms with E-state index in [1.165, 1.54) is 11.8 Å². The lowest BCUT2D eigenvalue weighted by Gasteiger charge is -2.24. The van der Waals surface area contributed by atoms with E-state index < -0.39 is 27.4 Å². The van der Waals surface area contributed by atoms with Crippen molar-refractivity contribution < 1.29 is 32.2 Å². The summed E-state index contributed by atoms with van der Waals surface area (Å²) in [4.78, 5) is 30.4. The summed E-state index contributed by atoms with van der Waals surface area (Å²) >= 11 is 1.32. The van der Waals surface area contributed by atoms with Crippen molar-refractivity contribution in [3.05, 3.63) is 23.8 Å². The molecule has 2 amide bonds. The van der Waals surface area contributed by atoms with Crippen LogP contribution in [0.15, 0.2) is 23.2 Å². The van der Waals surface area contributed by atoms with Crippen molar-refractivity contribution in [2.75, 3.05) is 24.8 Å². The van der Waals surface area contributed by atoms with Gasteiger partial charge < -0.3 is 24.4 Å². The van der Waals surface area contributed by atoms with Crippen LogP contribution in [0.3, 0.4) is 0 Å². The fourth-order valence-electron chi connectivity index (χ4n) is 3.80. The number of sulfone groups is 1. The Bertz CT molecular complexity index is 1080. The molecule has 3 heterocycles. The van der Waals surface area contributed by atoms with Gasteiger partial charge >= 0.3 is 6.09 Å². The first-order valence-electron chi connectivity index (χ1n) is 10.6. The third kappa shape index (κ3) is 5.91. The average molecular weight is 498 g/mol. The molecule has 12 heteroatoms. The van der Waals surface area contributed by atoms with E-state index in [0.717, 1.165) is 5.56 Å². The van der Waals surface area contributed by atoms with Crippen LogP contribution in [0.1, 0.15) is 32.8 Å². The molecule has 180 valence electrons. The number of hydrogen-bond donors (Lipinski definition) is 1. The summed E-state index contributed by atoms with van der Waals surface area (Å²) in [5, 5.41) is 2.87. The lowest BCUT2D eigenvalue weighted by molar-refractivity contribution is -0.117. The maximum Gasteiger partial charge on any atom is 0.407 e. The first-order chi connectivity index (χ1) is 15.5. The molecule has 0 aliphatic carbocycles. The lowest BCUT2D eigenvalue weighted by atomic mass is 10.1. The number of thioether (sulfide) groups is 1. The van der Waals surface area contributed by atoms with E-state index in [0.29, 0.717) is 23.2 Å². The van der Waals surface area contributed by atoms with Crippen LogP contribution in [0.4, 0.5) is 4.79 Å². The molecule has 2 saturated heterocycles. The van der Waals surface area contributed by atoms with Gasteiger partial charge in [-0.15, -0.1) is 0 Å². The molecule has 4 rings (SSSR count). The van der Waals surface area contributed by atoms with Gasteiger partial charge in [0.2, 0.25) is 12.7 Å². The molecule has 3 aliphatic heterocycles. The third-order valence-electron chi connectivity index (χ3n) is 5.19. The van der Waals surface area contributed by atoms with Crippen LogP contribution in [-0.4, -0.2) is 72.2 Å². The zero-order valence-corrected chi connectivity index (χ0v) is 20.3. The number of amides is 2. The van der Waals surface area contributed by atoms with E-state index in [-0.39, 0.29) is 42.6 Å². The van der Waals surface area contributed by atoms with Crippen molar-refractivity contribution in [3.63, 3.8) is 0 Å². The van der Waals surface area contributed by atoms with Gasteiger partial charge in [0.15, 0.2) is 26.5 Å². The number of hydrogen-bond acceptors (Lipinski definition) is 8. The summed E-state index contributed by atoms with van der Waals surface area (Å²) in [7, 11) is -3.14. The molecule has 0 radical (unpaired) electrons. The fourth-order valence-corrected chi connectivity index (χ4v) is 7.77. The van der Waals surface area contributed by atoms with E-state index in [1.54, 1.807) is 20.8 Å². The molecule has 10 nitrogen and oxygen atoms in total. The summed E-state index contributed by atoms with van der Waals surface area (Å²) < 4.78 is 40.3. The topological polar surface area (TPSA) is 124 Å². The second-order valence-electron chi connectivity index (χ2n) is 9.08. The average Bonchev–Trinajstić information content (AvgIpc) is 3.34. The standard InChI is InChI=1S/C21H27N3O7S2/c1-21(2,3)31-20(26)22-7-6-18(25)23-19-24(14-10-33(27,28)11-17(14)32-19)9-13-4-5-15-16(8-13)30-12-29-15/h4-5,8,14,17H,6-7,9-12H2,1-3H3,(H,22,26)/t14-,17-/m0/s1. The number of amidine groups is 1. The van der Waals surface area contributed by atoms with Crippen LogP contribution in [0.25, 0.3) is 0 Å². The molecule has 0 unspecified atom stereocenters. The SMILES string of the molecule is CC(C)(C)OC(=O)NCCC(=O)N=C1S[C@H]2CS(=O)(=O)C[C@@H]2N1Cc1ccc2c(c1)OCO2. The smallest absolute Gasteiger partial charge is 0.407 e. The maximum absolute atomic E-state index is 12.5. The van der Waals surface area contributed by atoms with E-state index >= 15 is 0 Å². The zero-order chi connectivity index (χ0) is 23.8. The van der Waals surface area contributed by atoms with Gasteiger partial charge in [-0.05, 0) is 38.5 Å². The van der Waals surface area contributed by atoms with E-state index in [1.807, 2.05) is 23.1 Å². The Morgan fingerprint density at radius 1 is 1.24 bits per heavy atom. The Balaban J connectivity index is 1.43. The lowest BCUT2D eigenvalue weighted by Crippen LogP contribution is -2.37.